The molecule has 0 spiro atoms. The second-order valence-corrected chi connectivity index (χ2v) is 7.80. The summed E-state index contributed by atoms with van der Waals surface area (Å²) in [6.45, 7) is 10.0. The zero-order chi connectivity index (χ0) is 14.3. The van der Waals surface area contributed by atoms with Crippen molar-refractivity contribution in [1.82, 2.24) is 5.32 Å². The highest BCUT2D eigenvalue weighted by Gasteiger charge is 2.29. The Hall–Kier alpha value is -0.860. The van der Waals surface area contributed by atoms with E-state index in [0.717, 1.165) is 12.5 Å². The molecule has 0 bridgehead atoms. The first-order chi connectivity index (χ1) is 9.56. The zero-order valence-corrected chi connectivity index (χ0v) is 13.8. The summed E-state index contributed by atoms with van der Waals surface area (Å²) in [5.74, 6) is 1.44. The standard InChI is InChI=1S/C18H25NS/c1-11(2)14-7-8-16-15(9-14)18(13-5-6-13)17(20-16)10-19-12(3)4/h7-9,11-13,19H,5-6,10H2,1-4H3. The van der Waals surface area contributed by atoms with Crippen molar-refractivity contribution < 1.29 is 0 Å². The first kappa shape index (κ1) is 14.1. The Bertz CT molecular complexity index is 605. The molecule has 1 aliphatic carbocycles. The van der Waals surface area contributed by atoms with Crippen LogP contribution in [0.15, 0.2) is 18.2 Å². The molecule has 1 fully saturated rings. The van der Waals surface area contributed by atoms with E-state index in [1.807, 2.05) is 11.3 Å². The molecule has 0 radical (unpaired) electrons. The van der Waals surface area contributed by atoms with Gasteiger partial charge in [-0.05, 0) is 53.3 Å². The number of hydrogen-bond donors (Lipinski definition) is 1. The number of hydrogen-bond acceptors (Lipinski definition) is 2. The van der Waals surface area contributed by atoms with Crippen LogP contribution in [0.3, 0.4) is 0 Å². The van der Waals surface area contributed by atoms with Crippen molar-refractivity contribution in [1.29, 1.82) is 0 Å². The van der Waals surface area contributed by atoms with Crippen molar-refractivity contribution in [3.63, 3.8) is 0 Å². The van der Waals surface area contributed by atoms with Crippen molar-refractivity contribution in [2.75, 3.05) is 0 Å². The predicted octanol–water partition coefficient (Wildman–Crippen LogP) is 5.40. The molecule has 3 rings (SSSR count). The van der Waals surface area contributed by atoms with Gasteiger partial charge in [-0.25, -0.2) is 0 Å². The van der Waals surface area contributed by atoms with E-state index in [-0.39, 0.29) is 0 Å². The molecule has 2 aromatic rings. The fraction of sp³-hybridized carbons (Fsp3) is 0.556. The fourth-order valence-electron chi connectivity index (χ4n) is 2.79. The summed E-state index contributed by atoms with van der Waals surface area (Å²) >= 11 is 1.99. The average Bonchev–Trinajstić information content (AvgIpc) is 3.16. The van der Waals surface area contributed by atoms with Crippen molar-refractivity contribution >= 4 is 21.4 Å². The molecule has 0 atom stereocenters. The van der Waals surface area contributed by atoms with Gasteiger partial charge in [-0.3, -0.25) is 0 Å². The van der Waals surface area contributed by atoms with Crippen LogP contribution in [0.5, 0.6) is 0 Å². The minimum atomic E-state index is 0.554. The van der Waals surface area contributed by atoms with Crippen molar-refractivity contribution in [2.45, 2.75) is 65.0 Å². The zero-order valence-electron chi connectivity index (χ0n) is 13.0. The highest BCUT2D eigenvalue weighted by molar-refractivity contribution is 7.19. The van der Waals surface area contributed by atoms with Crippen molar-refractivity contribution in [3.05, 3.63) is 34.2 Å². The Morgan fingerprint density at radius 3 is 2.55 bits per heavy atom. The van der Waals surface area contributed by atoms with E-state index in [4.69, 9.17) is 0 Å². The Balaban J connectivity index is 2.03. The van der Waals surface area contributed by atoms with Gasteiger partial charge >= 0.3 is 0 Å². The normalized spacial score (nSPS) is 15.7. The number of rotatable bonds is 5. The summed E-state index contributed by atoms with van der Waals surface area (Å²) in [4.78, 5) is 1.57. The molecule has 1 saturated carbocycles. The molecule has 0 saturated heterocycles. The highest BCUT2D eigenvalue weighted by Crippen LogP contribution is 2.48. The third-order valence-electron chi connectivity index (χ3n) is 4.15. The molecule has 1 heterocycles. The first-order valence-corrected chi connectivity index (χ1v) is 8.66. The van der Waals surface area contributed by atoms with Gasteiger partial charge in [0.2, 0.25) is 0 Å². The lowest BCUT2D eigenvalue weighted by molar-refractivity contribution is 0.591. The van der Waals surface area contributed by atoms with E-state index >= 15 is 0 Å². The lowest BCUT2D eigenvalue weighted by atomic mass is 9.98. The molecule has 1 aromatic carbocycles. The lowest BCUT2D eigenvalue weighted by Gasteiger charge is -2.09. The van der Waals surface area contributed by atoms with Gasteiger partial charge in [-0.15, -0.1) is 11.3 Å². The van der Waals surface area contributed by atoms with Gasteiger partial charge < -0.3 is 5.32 Å². The third kappa shape index (κ3) is 2.77. The largest absolute Gasteiger partial charge is 0.310 e. The van der Waals surface area contributed by atoms with Crippen LogP contribution in [0, 0.1) is 0 Å². The summed E-state index contributed by atoms with van der Waals surface area (Å²) in [5.41, 5.74) is 3.13. The Morgan fingerprint density at radius 1 is 1.20 bits per heavy atom. The summed E-state index contributed by atoms with van der Waals surface area (Å²) in [6.07, 6.45) is 2.76. The van der Waals surface area contributed by atoms with Crippen molar-refractivity contribution in [2.24, 2.45) is 0 Å². The lowest BCUT2D eigenvalue weighted by Crippen LogP contribution is -2.21. The maximum Gasteiger partial charge on any atom is 0.0349 e. The van der Waals surface area contributed by atoms with Crippen LogP contribution in [-0.2, 0) is 6.54 Å². The van der Waals surface area contributed by atoms with Gasteiger partial charge in [-0.2, -0.15) is 0 Å². The van der Waals surface area contributed by atoms with E-state index in [2.05, 4.69) is 51.2 Å². The monoisotopic (exact) mass is 287 g/mol. The van der Waals surface area contributed by atoms with Crippen LogP contribution in [0.1, 0.15) is 68.4 Å². The van der Waals surface area contributed by atoms with E-state index in [1.54, 1.807) is 10.4 Å². The quantitative estimate of drug-likeness (QED) is 0.776. The van der Waals surface area contributed by atoms with E-state index in [1.165, 1.54) is 28.5 Å². The van der Waals surface area contributed by atoms with Gasteiger partial charge in [-0.1, -0.05) is 33.8 Å². The number of nitrogens with one attached hydrogen (secondary N) is 1. The first-order valence-electron chi connectivity index (χ1n) is 7.85. The SMILES string of the molecule is CC(C)NCc1sc2ccc(C(C)C)cc2c1C1CC1. The molecule has 0 amide bonds. The Kier molecular flexibility index (Phi) is 3.87. The minimum absolute atomic E-state index is 0.554. The third-order valence-corrected chi connectivity index (χ3v) is 5.34. The molecule has 2 heteroatoms. The van der Waals surface area contributed by atoms with Crippen molar-refractivity contribution in [3.8, 4) is 0 Å². The molecule has 1 N–H and O–H groups in total. The molecule has 1 nitrogen and oxygen atoms in total. The molecule has 108 valence electrons. The van der Waals surface area contributed by atoms with Gasteiger partial charge in [0, 0.05) is 22.2 Å². The molecule has 0 aliphatic heterocycles. The van der Waals surface area contributed by atoms with E-state index < -0.39 is 0 Å². The van der Waals surface area contributed by atoms with E-state index in [9.17, 15) is 0 Å². The molecular weight excluding hydrogens is 262 g/mol. The van der Waals surface area contributed by atoms with Crippen LogP contribution < -0.4 is 5.32 Å². The van der Waals surface area contributed by atoms with Crippen LogP contribution in [0.4, 0.5) is 0 Å². The smallest absolute Gasteiger partial charge is 0.0349 e. The number of thiophene rings is 1. The second kappa shape index (κ2) is 5.50. The summed E-state index contributed by atoms with van der Waals surface area (Å²) in [5, 5.41) is 5.13. The highest BCUT2D eigenvalue weighted by atomic mass is 32.1. The summed E-state index contributed by atoms with van der Waals surface area (Å²) < 4.78 is 1.47. The molecule has 1 aliphatic rings. The van der Waals surface area contributed by atoms with Crippen LogP contribution >= 0.6 is 11.3 Å². The maximum absolute atomic E-state index is 3.59. The van der Waals surface area contributed by atoms with Gasteiger partial charge in [0.1, 0.15) is 0 Å². The fourth-order valence-corrected chi connectivity index (χ4v) is 4.01. The Labute approximate surface area is 126 Å². The topological polar surface area (TPSA) is 12.0 Å². The predicted molar refractivity (Wildman–Crippen MR) is 89.9 cm³/mol. The minimum Gasteiger partial charge on any atom is -0.310 e. The molecular formula is C18H25NS. The average molecular weight is 287 g/mol. The van der Waals surface area contributed by atoms with Gasteiger partial charge in [0.15, 0.2) is 0 Å². The Morgan fingerprint density at radius 2 is 1.95 bits per heavy atom. The molecule has 0 unspecified atom stereocenters. The maximum atomic E-state index is 3.59. The van der Waals surface area contributed by atoms with E-state index in [0.29, 0.717) is 12.0 Å². The van der Waals surface area contributed by atoms with Gasteiger partial charge in [0.25, 0.3) is 0 Å². The van der Waals surface area contributed by atoms with Crippen LogP contribution in [0.2, 0.25) is 0 Å². The summed E-state index contributed by atoms with van der Waals surface area (Å²) in [7, 11) is 0. The summed E-state index contributed by atoms with van der Waals surface area (Å²) in [6, 6.07) is 7.64. The number of benzene rings is 1. The second-order valence-electron chi connectivity index (χ2n) is 6.66. The van der Waals surface area contributed by atoms with Crippen LogP contribution in [-0.4, -0.2) is 6.04 Å². The number of fused-ring (bicyclic) bond motifs is 1. The van der Waals surface area contributed by atoms with Crippen LogP contribution in [0.25, 0.3) is 10.1 Å². The molecule has 1 aromatic heterocycles. The molecule has 20 heavy (non-hydrogen) atoms. The van der Waals surface area contributed by atoms with Gasteiger partial charge in [0.05, 0.1) is 0 Å².